The van der Waals surface area contributed by atoms with Gasteiger partial charge in [-0.25, -0.2) is 0 Å². The maximum Gasteiger partial charge on any atom is 0.288 e. The second-order valence-corrected chi connectivity index (χ2v) is 4.46. The molecule has 1 amide bonds. The predicted octanol–water partition coefficient (Wildman–Crippen LogP) is 2.62. The first-order valence-corrected chi connectivity index (χ1v) is 5.84. The summed E-state index contributed by atoms with van der Waals surface area (Å²) in [6.07, 6.45) is 0.192. The second-order valence-electron chi connectivity index (χ2n) is 4.05. The highest BCUT2D eigenvalue weighted by atomic mass is 35.5. The normalized spacial score (nSPS) is 11.5. The summed E-state index contributed by atoms with van der Waals surface area (Å²) in [5.74, 6) is -0.387. The molecule has 0 bridgehead atoms. The molecule has 1 aromatic rings. The van der Waals surface area contributed by atoms with Crippen LogP contribution in [-0.4, -0.2) is 28.8 Å². The minimum absolute atomic E-state index is 0.0192. The highest BCUT2D eigenvalue weighted by molar-refractivity contribution is 6.32. The zero-order valence-electron chi connectivity index (χ0n) is 10.5. The van der Waals surface area contributed by atoms with E-state index in [1.54, 1.807) is 14.0 Å². The highest BCUT2D eigenvalue weighted by Crippen LogP contribution is 2.25. The molecule has 0 saturated heterocycles. The molecule has 100 valence electrons. The lowest BCUT2D eigenvalue weighted by Crippen LogP contribution is -2.34. The third-order valence-electron chi connectivity index (χ3n) is 2.76. The van der Waals surface area contributed by atoms with Gasteiger partial charge in [-0.2, -0.15) is 5.26 Å². The Morgan fingerprint density at radius 2 is 2.26 bits per heavy atom. The maximum absolute atomic E-state index is 12.1. The average molecular weight is 282 g/mol. The summed E-state index contributed by atoms with van der Waals surface area (Å²) in [6.45, 7) is 1.73. The number of nitrogens with zero attached hydrogens (tertiary/aromatic N) is 3. The minimum Gasteiger partial charge on any atom is -0.338 e. The van der Waals surface area contributed by atoms with Crippen LogP contribution in [0.2, 0.25) is 5.02 Å². The van der Waals surface area contributed by atoms with Crippen molar-refractivity contribution in [1.82, 2.24) is 4.90 Å². The SMILES string of the molecule is CC(CC#N)N(C)C(=O)c1ccc(Cl)c([N+](=O)[O-])c1. The molecule has 0 aromatic heterocycles. The highest BCUT2D eigenvalue weighted by Gasteiger charge is 2.21. The Kier molecular flexibility index (Phi) is 4.84. The molecule has 0 N–H and O–H groups in total. The van der Waals surface area contributed by atoms with Gasteiger partial charge in [0.1, 0.15) is 5.02 Å². The molecule has 1 aromatic carbocycles. The average Bonchev–Trinajstić information content (AvgIpc) is 2.37. The molecule has 7 heteroatoms. The van der Waals surface area contributed by atoms with Crippen LogP contribution in [0.15, 0.2) is 18.2 Å². The number of nitro benzene ring substituents is 1. The molecule has 0 radical (unpaired) electrons. The maximum atomic E-state index is 12.1. The Hall–Kier alpha value is -2.13. The molecule has 1 unspecified atom stereocenters. The quantitative estimate of drug-likeness (QED) is 0.627. The Labute approximate surface area is 115 Å². The first kappa shape index (κ1) is 14.9. The summed E-state index contributed by atoms with van der Waals surface area (Å²) in [6, 6.07) is 5.58. The van der Waals surface area contributed by atoms with Crippen molar-refractivity contribution in [3.05, 3.63) is 38.9 Å². The summed E-state index contributed by atoms with van der Waals surface area (Å²) in [7, 11) is 1.55. The van der Waals surface area contributed by atoms with E-state index in [2.05, 4.69) is 0 Å². The van der Waals surface area contributed by atoms with Crippen LogP contribution in [0.4, 0.5) is 5.69 Å². The molecule has 0 heterocycles. The Morgan fingerprint density at radius 3 is 2.79 bits per heavy atom. The van der Waals surface area contributed by atoms with Crippen LogP contribution in [0.5, 0.6) is 0 Å². The molecular weight excluding hydrogens is 270 g/mol. The van der Waals surface area contributed by atoms with E-state index in [0.29, 0.717) is 0 Å². The first-order chi connectivity index (χ1) is 8.88. The largest absolute Gasteiger partial charge is 0.338 e. The van der Waals surface area contributed by atoms with Crippen molar-refractivity contribution in [1.29, 1.82) is 5.26 Å². The van der Waals surface area contributed by atoms with Gasteiger partial charge in [-0.15, -0.1) is 0 Å². The van der Waals surface area contributed by atoms with Gasteiger partial charge in [-0.3, -0.25) is 14.9 Å². The summed E-state index contributed by atoms with van der Waals surface area (Å²) >= 11 is 5.68. The summed E-state index contributed by atoms with van der Waals surface area (Å²) in [4.78, 5) is 23.6. The van der Waals surface area contributed by atoms with Crippen molar-refractivity contribution in [3.63, 3.8) is 0 Å². The number of benzene rings is 1. The van der Waals surface area contributed by atoms with Crippen molar-refractivity contribution < 1.29 is 9.72 Å². The number of rotatable bonds is 4. The fourth-order valence-corrected chi connectivity index (χ4v) is 1.65. The van der Waals surface area contributed by atoms with E-state index in [9.17, 15) is 14.9 Å². The molecule has 1 atom stereocenters. The number of amides is 1. The Bertz CT molecular complexity index is 554. The lowest BCUT2D eigenvalue weighted by atomic mass is 10.1. The van der Waals surface area contributed by atoms with Crippen molar-refractivity contribution in [2.45, 2.75) is 19.4 Å². The van der Waals surface area contributed by atoms with Crippen LogP contribution in [-0.2, 0) is 0 Å². The third-order valence-corrected chi connectivity index (χ3v) is 3.08. The van der Waals surface area contributed by atoms with E-state index in [1.807, 2.05) is 6.07 Å². The molecule has 0 aliphatic carbocycles. The number of carbonyl (C=O) groups is 1. The van der Waals surface area contributed by atoms with Gasteiger partial charge in [0.25, 0.3) is 11.6 Å². The van der Waals surface area contributed by atoms with Crippen LogP contribution in [0, 0.1) is 21.4 Å². The van der Waals surface area contributed by atoms with Crippen LogP contribution < -0.4 is 0 Å². The zero-order valence-corrected chi connectivity index (χ0v) is 11.2. The summed E-state index contributed by atoms with van der Waals surface area (Å²) in [5.41, 5.74) is -0.141. The standard InChI is InChI=1S/C12H12ClN3O3/c1-8(5-6-14)15(2)12(17)9-3-4-10(13)11(7-9)16(18)19/h3-4,7-8H,5H2,1-2H3. The summed E-state index contributed by atoms with van der Waals surface area (Å²) in [5, 5.41) is 19.3. The van der Waals surface area contributed by atoms with Crippen LogP contribution in [0.3, 0.4) is 0 Å². The lowest BCUT2D eigenvalue weighted by Gasteiger charge is -2.22. The third kappa shape index (κ3) is 3.42. The van der Waals surface area contributed by atoms with E-state index in [4.69, 9.17) is 16.9 Å². The van der Waals surface area contributed by atoms with E-state index in [-0.39, 0.29) is 34.6 Å². The van der Waals surface area contributed by atoms with Crippen molar-refractivity contribution >= 4 is 23.2 Å². The molecule has 0 aliphatic heterocycles. The Morgan fingerprint density at radius 1 is 1.63 bits per heavy atom. The van der Waals surface area contributed by atoms with E-state index in [0.717, 1.165) is 6.07 Å². The fourth-order valence-electron chi connectivity index (χ4n) is 1.46. The lowest BCUT2D eigenvalue weighted by molar-refractivity contribution is -0.384. The number of carbonyl (C=O) groups excluding carboxylic acids is 1. The van der Waals surface area contributed by atoms with Gasteiger partial charge in [0, 0.05) is 24.7 Å². The number of nitriles is 1. The summed E-state index contributed by atoms with van der Waals surface area (Å²) < 4.78 is 0. The van der Waals surface area contributed by atoms with Gasteiger partial charge in [0.15, 0.2) is 0 Å². The van der Waals surface area contributed by atoms with Gasteiger partial charge in [-0.05, 0) is 19.1 Å². The Balaban J connectivity index is 3.04. The van der Waals surface area contributed by atoms with E-state index < -0.39 is 4.92 Å². The van der Waals surface area contributed by atoms with E-state index in [1.165, 1.54) is 17.0 Å². The van der Waals surface area contributed by atoms with Crippen LogP contribution in [0.1, 0.15) is 23.7 Å². The van der Waals surface area contributed by atoms with Gasteiger partial charge < -0.3 is 4.90 Å². The van der Waals surface area contributed by atoms with Gasteiger partial charge in [-0.1, -0.05) is 11.6 Å². The molecule has 19 heavy (non-hydrogen) atoms. The topological polar surface area (TPSA) is 87.2 Å². The number of hydrogen-bond donors (Lipinski definition) is 0. The number of halogens is 1. The first-order valence-electron chi connectivity index (χ1n) is 5.46. The monoisotopic (exact) mass is 281 g/mol. The van der Waals surface area contributed by atoms with E-state index >= 15 is 0 Å². The second kappa shape index (κ2) is 6.16. The molecule has 0 saturated carbocycles. The molecule has 0 spiro atoms. The number of hydrogen-bond acceptors (Lipinski definition) is 4. The van der Waals surface area contributed by atoms with Crippen molar-refractivity contribution in [2.24, 2.45) is 0 Å². The van der Waals surface area contributed by atoms with Crippen LogP contribution >= 0.6 is 11.6 Å². The molecule has 6 nitrogen and oxygen atoms in total. The van der Waals surface area contributed by atoms with Crippen molar-refractivity contribution in [2.75, 3.05) is 7.05 Å². The predicted molar refractivity (Wildman–Crippen MR) is 69.9 cm³/mol. The van der Waals surface area contributed by atoms with Gasteiger partial charge in [0.05, 0.1) is 17.4 Å². The smallest absolute Gasteiger partial charge is 0.288 e. The van der Waals surface area contributed by atoms with Gasteiger partial charge in [0.2, 0.25) is 0 Å². The zero-order chi connectivity index (χ0) is 14.6. The molecule has 1 rings (SSSR count). The fraction of sp³-hybridized carbons (Fsp3) is 0.333. The molecular formula is C12H12ClN3O3. The number of nitro groups is 1. The molecule has 0 fully saturated rings. The van der Waals surface area contributed by atoms with Crippen LogP contribution in [0.25, 0.3) is 0 Å². The minimum atomic E-state index is -0.641. The van der Waals surface area contributed by atoms with Crippen molar-refractivity contribution in [3.8, 4) is 6.07 Å². The molecule has 0 aliphatic rings. The van der Waals surface area contributed by atoms with Gasteiger partial charge >= 0.3 is 0 Å².